The molecule has 18 heavy (non-hydrogen) atoms. The van der Waals surface area contributed by atoms with Crippen LogP contribution in [0.1, 0.15) is 12.5 Å². The van der Waals surface area contributed by atoms with Crippen LogP contribution in [0, 0.1) is 0 Å². The number of hydrogen-bond donors (Lipinski definition) is 1. The van der Waals surface area contributed by atoms with E-state index in [1.54, 1.807) is 20.5 Å². The molecule has 2 aromatic rings. The van der Waals surface area contributed by atoms with Crippen molar-refractivity contribution in [1.82, 2.24) is 5.32 Å². The summed E-state index contributed by atoms with van der Waals surface area (Å²) >= 11 is 0. The maximum Gasteiger partial charge on any atom is 0.171 e. The van der Waals surface area contributed by atoms with Gasteiger partial charge in [-0.3, -0.25) is 0 Å². The van der Waals surface area contributed by atoms with Crippen molar-refractivity contribution in [2.75, 3.05) is 14.2 Å². The Labute approximate surface area is 107 Å². The Morgan fingerprint density at radius 2 is 1.94 bits per heavy atom. The fourth-order valence-corrected chi connectivity index (χ4v) is 2.04. The summed E-state index contributed by atoms with van der Waals surface area (Å²) in [7, 11) is 3.28. The van der Waals surface area contributed by atoms with Crippen molar-refractivity contribution < 1.29 is 13.9 Å². The van der Waals surface area contributed by atoms with E-state index in [4.69, 9.17) is 13.9 Å². The van der Waals surface area contributed by atoms with Gasteiger partial charge in [0.25, 0.3) is 0 Å². The molecule has 0 amide bonds. The Balaban J connectivity index is 2.02. The third-order valence-corrected chi connectivity index (χ3v) is 3.05. The predicted octanol–water partition coefficient (Wildman–Crippen LogP) is 2.53. The Morgan fingerprint density at radius 3 is 2.67 bits per heavy atom. The van der Waals surface area contributed by atoms with Crippen LogP contribution < -0.4 is 5.32 Å². The fraction of sp³-hybridized carbons (Fsp3) is 0.429. The molecule has 4 heteroatoms. The van der Waals surface area contributed by atoms with E-state index in [0.29, 0.717) is 0 Å². The van der Waals surface area contributed by atoms with Gasteiger partial charge in [-0.05, 0) is 13.0 Å². The molecule has 0 saturated carbocycles. The summed E-state index contributed by atoms with van der Waals surface area (Å²) in [6, 6.07) is 8.11. The van der Waals surface area contributed by atoms with Crippen LogP contribution in [0.5, 0.6) is 0 Å². The maximum absolute atomic E-state index is 5.49. The van der Waals surface area contributed by atoms with E-state index < -0.39 is 0 Å². The van der Waals surface area contributed by atoms with E-state index in [0.717, 1.165) is 23.1 Å². The lowest BCUT2D eigenvalue weighted by molar-refractivity contribution is -0.119. The highest BCUT2D eigenvalue weighted by molar-refractivity contribution is 5.80. The van der Waals surface area contributed by atoms with Gasteiger partial charge in [-0.1, -0.05) is 18.2 Å². The zero-order valence-electron chi connectivity index (χ0n) is 11.0. The lowest BCUT2D eigenvalue weighted by atomic mass is 10.1. The lowest BCUT2D eigenvalue weighted by Gasteiger charge is -2.21. The molecule has 1 N–H and O–H groups in total. The third-order valence-electron chi connectivity index (χ3n) is 3.05. The van der Waals surface area contributed by atoms with Crippen molar-refractivity contribution in [3.63, 3.8) is 0 Å². The Kier molecular flexibility index (Phi) is 4.36. The van der Waals surface area contributed by atoms with Gasteiger partial charge in [0.15, 0.2) is 6.29 Å². The van der Waals surface area contributed by atoms with E-state index in [2.05, 4.69) is 11.4 Å². The number of rotatable bonds is 6. The molecule has 2 rings (SSSR count). The minimum absolute atomic E-state index is 0.105. The minimum atomic E-state index is -0.247. The van der Waals surface area contributed by atoms with Gasteiger partial charge >= 0.3 is 0 Å². The smallest absolute Gasteiger partial charge is 0.171 e. The topological polar surface area (TPSA) is 43.6 Å². The lowest BCUT2D eigenvalue weighted by Crippen LogP contribution is -2.39. The van der Waals surface area contributed by atoms with Crippen LogP contribution in [0.4, 0.5) is 0 Å². The average molecular weight is 249 g/mol. The molecular formula is C14H19NO3. The molecule has 0 bridgehead atoms. The summed E-state index contributed by atoms with van der Waals surface area (Å²) in [5, 5.41) is 4.51. The van der Waals surface area contributed by atoms with Crippen LogP contribution in [0.25, 0.3) is 11.0 Å². The Hall–Kier alpha value is -1.36. The predicted molar refractivity (Wildman–Crippen MR) is 70.3 cm³/mol. The molecule has 1 heterocycles. The normalized spacial score (nSPS) is 13.3. The molecule has 1 unspecified atom stereocenters. The zero-order chi connectivity index (χ0) is 13.0. The highest BCUT2D eigenvalue weighted by Gasteiger charge is 2.15. The van der Waals surface area contributed by atoms with Gasteiger partial charge in [0.05, 0.1) is 12.3 Å². The van der Waals surface area contributed by atoms with E-state index >= 15 is 0 Å². The second kappa shape index (κ2) is 6.00. The quantitative estimate of drug-likeness (QED) is 0.799. The number of ether oxygens (including phenoxy) is 2. The van der Waals surface area contributed by atoms with Gasteiger partial charge in [-0.15, -0.1) is 0 Å². The summed E-state index contributed by atoms with van der Waals surface area (Å²) in [5.74, 6) is 0. The molecule has 0 aliphatic carbocycles. The van der Waals surface area contributed by atoms with Crippen molar-refractivity contribution in [3.05, 3.63) is 36.1 Å². The Morgan fingerprint density at radius 1 is 1.22 bits per heavy atom. The molecule has 0 saturated heterocycles. The van der Waals surface area contributed by atoms with Crippen molar-refractivity contribution >= 4 is 11.0 Å². The summed E-state index contributed by atoms with van der Waals surface area (Å²) in [6.45, 7) is 2.75. The van der Waals surface area contributed by atoms with E-state index in [1.165, 1.54) is 0 Å². The fourth-order valence-electron chi connectivity index (χ4n) is 2.04. The molecule has 0 radical (unpaired) electrons. The van der Waals surface area contributed by atoms with Crippen LogP contribution in [0.3, 0.4) is 0 Å². The third kappa shape index (κ3) is 2.72. The van der Waals surface area contributed by atoms with Gasteiger partial charge in [-0.25, -0.2) is 0 Å². The number of para-hydroxylation sites is 1. The monoisotopic (exact) mass is 249 g/mol. The average Bonchev–Trinajstić information content (AvgIpc) is 2.81. The number of furan rings is 1. The van der Waals surface area contributed by atoms with E-state index in [9.17, 15) is 0 Å². The number of nitrogens with one attached hydrogen (secondary N) is 1. The molecule has 98 valence electrons. The first-order valence-corrected chi connectivity index (χ1v) is 6.00. The molecule has 1 aromatic carbocycles. The Bertz CT molecular complexity index is 490. The molecule has 0 spiro atoms. The number of methoxy groups -OCH3 is 2. The van der Waals surface area contributed by atoms with Crippen molar-refractivity contribution in [1.29, 1.82) is 0 Å². The number of fused-ring (bicyclic) bond motifs is 1. The summed E-state index contributed by atoms with van der Waals surface area (Å²) in [4.78, 5) is 0. The van der Waals surface area contributed by atoms with E-state index in [1.807, 2.05) is 25.1 Å². The van der Waals surface area contributed by atoms with Gasteiger partial charge in [0.1, 0.15) is 5.58 Å². The first-order chi connectivity index (χ1) is 8.76. The van der Waals surface area contributed by atoms with Gasteiger partial charge in [-0.2, -0.15) is 0 Å². The molecule has 0 aliphatic heterocycles. The SMILES string of the molecule is COC(OC)C(C)NCc1coc2ccccc12. The largest absolute Gasteiger partial charge is 0.464 e. The molecule has 1 aromatic heterocycles. The van der Waals surface area contributed by atoms with Gasteiger partial charge < -0.3 is 19.2 Å². The first kappa shape index (κ1) is 13.1. The number of benzene rings is 1. The van der Waals surface area contributed by atoms with Crippen molar-refractivity contribution in [3.8, 4) is 0 Å². The molecule has 1 atom stereocenters. The van der Waals surface area contributed by atoms with E-state index in [-0.39, 0.29) is 12.3 Å². The molecular weight excluding hydrogens is 230 g/mol. The number of hydrogen-bond acceptors (Lipinski definition) is 4. The second-order valence-electron chi connectivity index (χ2n) is 4.27. The highest BCUT2D eigenvalue weighted by atomic mass is 16.7. The molecule has 4 nitrogen and oxygen atoms in total. The van der Waals surface area contributed by atoms with Crippen LogP contribution in [-0.2, 0) is 16.0 Å². The van der Waals surface area contributed by atoms with Crippen LogP contribution in [0.2, 0.25) is 0 Å². The standard InChI is InChI=1S/C14H19NO3/c1-10(14(16-2)17-3)15-8-11-9-18-13-7-5-4-6-12(11)13/h4-7,9-10,14-15H,8H2,1-3H3. The second-order valence-corrected chi connectivity index (χ2v) is 4.27. The summed E-state index contributed by atoms with van der Waals surface area (Å²) < 4.78 is 15.9. The van der Waals surface area contributed by atoms with Crippen LogP contribution >= 0.6 is 0 Å². The molecule has 0 aliphatic rings. The zero-order valence-corrected chi connectivity index (χ0v) is 11.0. The summed E-state index contributed by atoms with van der Waals surface area (Å²) in [6.07, 6.45) is 1.54. The van der Waals surface area contributed by atoms with Gasteiger partial charge in [0, 0.05) is 31.7 Å². The van der Waals surface area contributed by atoms with Crippen molar-refractivity contribution in [2.45, 2.75) is 25.8 Å². The molecule has 0 fully saturated rings. The van der Waals surface area contributed by atoms with Crippen LogP contribution in [0.15, 0.2) is 34.9 Å². The first-order valence-electron chi connectivity index (χ1n) is 6.00. The summed E-state index contributed by atoms with van der Waals surface area (Å²) in [5.41, 5.74) is 2.06. The highest BCUT2D eigenvalue weighted by Crippen LogP contribution is 2.20. The van der Waals surface area contributed by atoms with Crippen LogP contribution in [-0.4, -0.2) is 26.6 Å². The van der Waals surface area contributed by atoms with Crippen molar-refractivity contribution in [2.24, 2.45) is 0 Å². The maximum atomic E-state index is 5.49. The minimum Gasteiger partial charge on any atom is -0.464 e. The van der Waals surface area contributed by atoms with Gasteiger partial charge in [0.2, 0.25) is 0 Å².